The molecule has 0 aliphatic carbocycles. The summed E-state index contributed by atoms with van der Waals surface area (Å²) >= 11 is 0. The predicted octanol–water partition coefficient (Wildman–Crippen LogP) is 1.98. The van der Waals surface area contributed by atoms with Crippen LogP contribution in [0.2, 0.25) is 0 Å². The number of amides is 1. The van der Waals surface area contributed by atoms with E-state index < -0.39 is 10.0 Å². The van der Waals surface area contributed by atoms with Gasteiger partial charge in [-0.05, 0) is 25.5 Å². The second-order valence-electron chi connectivity index (χ2n) is 4.58. The summed E-state index contributed by atoms with van der Waals surface area (Å²) in [5.41, 5.74) is 0.627. The Bertz CT molecular complexity index is 541. The first kappa shape index (κ1) is 15.5. The molecule has 0 saturated carbocycles. The van der Waals surface area contributed by atoms with E-state index >= 15 is 0 Å². The summed E-state index contributed by atoms with van der Waals surface area (Å²) in [6, 6.07) is 6.61. The largest absolute Gasteiger partial charge is 0.350 e. The number of hydrogen-bond acceptors (Lipinski definition) is 3. The van der Waals surface area contributed by atoms with E-state index in [2.05, 4.69) is 10.0 Å². The first-order valence-electron chi connectivity index (χ1n) is 6.21. The van der Waals surface area contributed by atoms with Crippen molar-refractivity contribution in [3.63, 3.8) is 0 Å². The second kappa shape index (κ2) is 6.56. The van der Waals surface area contributed by atoms with E-state index in [4.69, 9.17) is 0 Å². The average molecular weight is 284 g/mol. The van der Waals surface area contributed by atoms with Crippen molar-refractivity contribution in [2.45, 2.75) is 32.7 Å². The number of carbonyl (C=O) groups excluding carboxylic acids is 1. The Morgan fingerprint density at radius 2 is 1.95 bits per heavy atom. The van der Waals surface area contributed by atoms with Gasteiger partial charge in [-0.3, -0.25) is 9.52 Å². The highest BCUT2D eigenvalue weighted by Crippen LogP contribution is 2.16. The maximum atomic E-state index is 12.1. The molecular formula is C13H20N2O3S. The van der Waals surface area contributed by atoms with Crippen LogP contribution >= 0.6 is 0 Å². The van der Waals surface area contributed by atoms with Crippen LogP contribution in [0.3, 0.4) is 0 Å². The number of nitrogens with one attached hydrogen (secondary N) is 2. The molecule has 6 heteroatoms. The van der Waals surface area contributed by atoms with Crippen LogP contribution in [0.25, 0.3) is 0 Å². The molecule has 0 heterocycles. The Hall–Kier alpha value is -1.56. The van der Waals surface area contributed by atoms with Gasteiger partial charge in [0, 0.05) is 6.04 Å². The minimum atomic E-state index is -3.40. The number of rotatable bonds is 6. The van der Waals surface area contributed by atoms with Crippen molar-refractivity contribution in [3.05, 3.63) is 29.8 Å². The monoisotopic (exact) mass is 284 g/mol. The standard InChI is InChI=1S/C13H20N2O3S/c1-4-7-10(2)14-13(16)11-8-5-6-9-12(11)15-19(3,17)18/h5-6,8-10,15H,4,7H2,1-3H3,(H,14,16)/t10-/m1/s1. The van der Waals surface area contributed by atoms with Gasteiger partial charge in [0.25, 0.3) is 5.91 Å². The molecule has 5 nitrogen and oxygen atoms in total. The summed E-state index contributed by atoms with van der Waals surface area (Å²) in [6.07, 6.45) is 2.92. The molecule has 1 aromatic carbocycles. The van der Waals surface area contributed by atoms with Crippen LogP contribution in [-0.4, -0.2) is 26.6 Å². The van der Waals surface area contributed by atoms with Crippen LogP contribution in [0.4, 0.5) is 5.69 Å². The van der Waals surface area contributed by atoms with Crippen molar-refractivity contribution in [1.82, 2.24) is 5.32 Å². The van der Waals surface area contributed by atoms with E-state index in [-0.39, 0.29) is 11.9 Å². The summed E-state index contributed by atoms with van der Waals surface area (Å²) < 4.78 is 24.9. The summed E-state index contributed by atoms with van der Waals surface area (Å²) in [4.78, 5) is 12.1. The zero-order valence-electron chi connectivity index (χ0n) is 11.4. The Morgan fingerprint density at radius 3 is 2.53 bits per heavy atom. The van der Waals surface area contributed by atoms with Gasteiger partial charge in [-0.1, -0.05) is 25.5 Å². The van der Waals surface area contributed by atoms with Crippen molar-refractivity contribution in [3.8, 4) is 0 Å². The lowest BCUT2D eigenvalue weighted by atomic mass is 10.1. The smallest absolute Gasteiger partial charge is 0.253 e. The second-order valence-corrected chi connectivity index (χ2v) is 6.33. The minimum absolute atomic E-state index is 0.0591. The Morgan fingerprint density at radius 1 is 1.32 bits per heavy atom. The van der Waals surface area contributed by atoms with Crippen LogP contribution < -0.4 is 10.0 Å². The van der Waals surface area contributed by atoms with E-state index in [1.165, 1.54) is 0 Å². The summed E-state index contributed by atoms with van der Waals surface area (Å²) in [5.74, 6) is -0.271. The number of para-hydroxylation sites is 1. The van der Waals surface area contributed by atoms with Gasteiger partial charge in [0.15, 0.2) is 0 Å². The van der Waals surface area contributed by atoms with E-state index in [1.807, 2.05) is 13.8 Å². The lowest BCUT2D eigenvalue weighted by Crippen LogP contribution is -2.33. The molecule has 0 saturated heterocycles. The zero-order chi connectivity index (χ0) is 14.5. The normalized spacial score (nSPS) is 12.8. The number of hydrogen-bond donors (Lipinski definition) is 2. The van der Waals surface area contributed by atoms with Crippen LogP contribution in [-0.2, 0) is 10.0 Å². The van der Waals surface area contributed by atoms with Crippen molar-refractivity contribution in [1.29, 1.82) is 0 Å². The fraction of sp³-hybridized carbons (Fsp3) is 0.462. The molecule has 1 amide bonds. The molecule has 2 N–H and O–H groups in total. The van der Waals surface area contributed by atoms with Gasteiger partial charge in [0.05, 0.1) is 17.5 Å². The van der Waals surface area contributed by atoms with Gasteiger partial charge in [0.1, 0.15) is 0 Å². The highest BCUT2D eigenvalue weighted by atomic mass is 32.2. The van der Waals surface area contributed by atoms with Crippen LogP contribution in [0.5, 0.6) is 0 Å². The zero-order valence-corrected chi connectivity index (χ0v) is 12.3. The Kier molecular flexibility index (Phi) is 5.35. The number of benzene rings is 1. The van der Waals surface area contributed by atoms with Crippen molar-refractivity contribution >= 4 is 21.6 Å². The molecule has 0 bridgehead atoms. The predicted molar refractivity (Wildman–Crippen MR) is 76.7 cm³/mol. The van der Waals surface area contributed by atoms with Crippen molar-refractivity contribution < 1.29 is 13.2 Å². The van der Waals surface area contributed by atoms with Gasteiger partial charge in [-0.2, -0.15) is 0 Å². The third kappa shape index (κ3) is 5.30. The van der Waals surface area contributed by atoms with Crippen LogP contribution in [0, 0.1) is 0 Å². The molecule has 0 spiro atoms. The van der Waals surface area contributed by atoms with E-state index in [1.54, 1.807) is 24.3 Å². The maximum absolute atomic E-state index is 12.1. The van der Waals surface area contributed by atoms with Crippen molar-refractivity contribution in [2.75, 3.05) is 11.0 Å². The quantitative estimate of drug-likeness (QED) is 0.838. The fourth-order valence-electron chi connectivity index (χ4n) is 1.78. The van der Waals surface area contributed by atoms with Gasteiger partial charge < -0.3 is 5.32 Å². The molecule has 0 radical (unpaired) electrons. The number of carbonyl (C=O) groups is 1. The Balaban J connectivity index is 2.91. The van der Waals surface area contributed by atoms with Crippen LogP contribution in [0.15, 0.2) is 24.3 Å². The van der Waals surface area contributed by atoms with Gasteiger partial charge in [-0.15, -0.1) is 0 Å². The lowest BCUT2D eigenvalue weighted by Gasteiger charge is -2.15. The maximum Gasteiger partial charge on any atom is 0.253 e. The fourth-order valence-corrected chi connectivity index (χ4v) is 2.35. The summed E-state index contributed by atoms with van der Waals surface area (Å²) in [5, 5.41) is 2.85. The molecule has 106 valence electrons. The third-order valence-electron chi connectivity index (χ3n) is 2.57. The highest BCUT2D eigenvalue weighted by molar-refractivity contribution is 7.92. The summed E-state index contributed by atoms with van der Waals surface area (Å²) in [7, 11) is -3.40. The molecule has 0 aromatic heterocycles. The first-order valence-corrected chi connectivity index (χ1v) is 8.10. The van der Waals surface area contributed by atoms with Gasteiger partial charge in [0.2, 0.25) is 10.0 Å². The molecule has 19 heavy (non-hydrogen) atoms. The van der Waals surface area contributed by atoms with Crippen LogP contribution in [0.1, 0.15) is 37.0 Å². The van der Waals surface area contributed by atoms with E-state index in [0.29, 0.717) is 11.3 Å². The van der Waals surface area contributed by atoms with E-state index in [0.717, 1.165) is 19.1 Å². The topological polar surface area (TPSA) is 75.3 Å². The molecular weight excluding hydrogens is 264 g/mol. The molecule has 1 aromatic rings. The van der Waals surface area contributed by atoms with Crippen molar-refractivity contribution in [2.24, 2.45) is 0 Å². The molecule has 0 aliphatic rings. The molecule has 0 unspecified atom stereocenters. The minimum Gasteiger partial charge on any atom is -0.350 e. The highest BCUT2D eigenvalue weighted by Gasteiger charge is 2.15. The molecule has 0 aliphatic heterocycles. The summed E-state index contributed by atoms with van der Waals surface area (Å²) in [6.45, 7) is 3.97. The SMILES string of the molecule is CCC[C@@H](C)NC(=O)c1ccccc1NS(C)(=O)=O. The average Bonchev–Trinajstić information content (AvgIpc) is 2.27. The van der Waals surface area contributed by atoms with E-state index in [9.17, 15) is 13.2 Å². The lowest BCUT2D eigenvalue weighted by molar-refractivity contribution is 0.0939. The van der Waals surface area contributed by atoms with Gasteiger partial charge >= 0.3 is 0 Å². The molecule has 1 rings (SSSR count). The third-order valence-corrected chi connectivity index (χ3v) is 3.16. The molecule has 1 atom stereocenters. The van der Waals surface area contributed by atoms with Gasteiger partial charge in [-0.25, -0.2) is 8.42 Å². The number of anilines is 1. The first-order chi connectivity index (χ1) is 8.83. The molecule has 0 fully saturated rings. The Labute approximate surface area is 114 Å². The number of sulfonamides is 1.